The summed E-state index contributed by atoms with van der Waals surface area (Å²) in [6, 6.07) is 0.719. The van der Waals surface area contributed by atoms with E-state index in [1.54, 1.807) is 0 Å². The molecule has 0 bridgehead atoms. The molecule has 128 valence electrons. The van der Waals surface area contributed by atoms with E-state index in [1.165, 1.54) is 32.4 Å². The van der Waals surface area contributed by atoms with E-state index in [0.29, 0.717) is 10.8 Å². The van der Waals surface area contributed by atoms with Gasteiger partial charge in [-0.1, -0.05) is 55.4 Å². The fraction of sp³-hybridized carbons (Fsp3) is 1.00. The van der Waals surface area contributed by atoms with Crippen LogP contribution in [0.4, 0.5) is 0 Å². The third kappa shape index (κ3) is 6.30. The lowest BCUT2D eigenvalue weighted by molar-refractivity contribution is 0.0387. The van der Waals surface area contributed by atoms with E-state index in [-0.39, 0.29) is 0 Å². The zero-order chi connectivity index (χ0) is 16.8. The first-order valence-electron chi connectivity index (χ1n) is 9.30. The first-order valence-corrected chi connectivity index (χ1v) is 9.30. The summed E-state index contributed by atoms with van der Waals surface area (Å²) < 4.78 is 0. The summed E-state index contributed by atoms with van der Waals surface area (Å²) in [5, 5.41) is 0. The van der Waals surface area contributed by atoms with Gasteiger partial charge in [-0.05, 0) is 68.9 Å². The van der Waals surface area contributed by atoms with Crippen molar-refractivity contribution in [3.05, 3.63) is 0 Å². The first kappa shape index (κ1) is 21.0. The number of likely N-dealkylation sites (tertiary alicyclic amines) is 1. The summed E-state index contributed by atoms with van der Waals surface area (Å²) >= 11 is 0. The first-order chi connectivity index (χ1) is 9.56. The van der Waals surface area contributed by atoms with Crippen molar-refractivity contribution < 1.29 is 0 Å². The summed E-state index contributed by atoms with van der Waals surface area (Å²) in [5.74, 6) is 1.67. The van der Waals surface area contributed by atoms with Crippen molar-refractivity contribution >= 4 is 0 Å². The largest absolute Gasteiger partial charge is 0.301 e. The molecule has 1 heteroatoms. The Hall–Kier alpha value is -0.0400. The molecular formula is C20H43N. The number of nitrogens with zero attached hydrogens (tertiary/aromatic N) is 1. The molecule has 0 aromatic rings. The van der Waals surface area contributed by atoms with Gasteiger partial charge in [0.1, 0.15) is 0 Å². The molecule has 0 aromatic heterocycles. The van der Waals surface area contributed by atoms with E-state index >= 15 is 0 Å². The van der Waals surface area contributed by atoms with Crippen molar-refractivity contribution in [1.82, 2.24) is 4.90 Å². The van der Waals surface area contributed by atoms with E-state index in [2.05, 4.69) is 60.3 Å². The molecule has 1 rings (SSSR count). The monoisotopic (exact) mass is 297 g/mol. The number of hydrogen-bond acceptors (Lipinski definition) is 1. The Balaban J connectivity index is 0.00000191. The van der Waals surface area contributed by atoms with Gasteiger partial charge in [-0.2, -0.15) is 0 Å². The van der Waals surface area contributed by atoms with E-state index in [0.717, 1.165) is 17.9 Å². The summed E-state index contributed by atoms with van der Waals surface area (Å²) in [4.78, 5) is 2.64. The number of rotatable bonds is 5. The standard InChI is InChI=1S/C18H37N.C2H6/c1-14(2)17(5,6)13-18(7,8)16-9-11-19(12-10-16)15(3)4;1-2/h14-16H,9-13H2,1-8H3;1-2H3. The molecule has 0 N–H and O–H groups in total. The minimum atomic E-state index is 0.457. The second kappa shape index (κ2) is 8.56. The highest BCUT2D eigenvalue weighted by Crippen LogP contribution is 2.46. The maximum atomic E-state index is 2.64. The predicted molar refractivity (Wildman–Crippen MR) is 97.8 cm³/mol. The van der Waals surface area contributed by atoms with Crippen molar-refractivity contribution in [3.63, 3.8) is 0 Å². The van der Waals surface area contributed by atoms with E-state index in [4.69, 9.17) is 0 Å². The van der Waals surface area contributed by atoms with Crippen LogP contribution in [0.3, 0.4) is 0 Å². The van der Waals surface area contributed by atoms with Gasteiger partial charge >= 0.3 is 0 Å². The molecule has 0 amide bonds. The Morgan fingerprint density at radius 2 is 1.33 bits per heavy atom. The highest BCUT2D eigenvalue weighted by molar-refractivity contribution is 4.89. The predicted octanol–water partition coefficient (Wildman–Crippen LogP) is 6.23. The van der Waals surface area contributed by atoms with Gasteiger partial charge in [0.05, 0.1) is 0 Å². The summed E-state index contributed by atoms with van der Waals surface area (Å²) in [6.45, 7) is 25.9. The number of hydrogen-bond donors (Lipinski definition) is 0. The van der Waals surface area contributed by atoms with Crippen LogP contribution >= 0.6 is 0 Å². The van der Waals surface area contributed by atoms with Crippen LogP contribution in [0.1, 0.15) is 88.5 Å². The molecule has 0 unspecified atom stereocenters. The minimum absolute atomic E-state index is 0.457. The van der Waals surface area contributed by atoms with Gasteiger partial charge in [0, 0.05) is 6.04 Å². The topological polar surface area (TPSA) is 3.24 Å². The molecular weight excluding hydrogens is 254 g/mol. The fourth-order valence-corrected chi connectivity index (χ4v) is 3.72. The Morgan fingerprint density at radius 3 is 1.67 bits per heavy atom. The normalized spacial score (nSPS) is 18.9. The van der Waals surface area contributed by atoms with Crippen molar-refractivity contribution in [2.24, 2.45) is 22.7 Å². The quantitative estimate of drug-likeness (QED) is 0.581. The average molecular weight is 298 g/mol. The van der Waals surface area contributed by atoms with E-state index in [1.807, 2.05) is 13.8 Å². The molecule has 0 aliphatic carbocycles. The lowest BCUT2D eigenvalue weighted by Gasteiger charge is -2.46. The molecule has 0 radical (unpaired) electrons. The second-order valence-electron chi connectivity index (χ2n) is 8.71. The summed E-state index contributed by atoms with van der Waals surface area (Å²) in [7, 11) is 0. The molecule has 21 heavy (non-hydrogen) atoms. The lowest BCUT2D eigenvalue weighted by Crippen LogP contribution is -2.43. The van der Waals surface area contributed by atoms with Crippen LogP contribution in [0, 0.1) is 22.7 Å². The van der Waals surface area contributed by atoms with Crippen LogP contribution in [-0.4, -0.2) is 24.0 Å². The van der Waals surface area contributed by atoms with Crippen molar-refractivity contribution in [1.29, 1.82) is 0 Å². The summed E-state index contributed by atoms with van der Waals surface area (Å²) in [6.07, 6.45) is 4.13. The molecule has 1 fully saturated rings. The molecule has 0 aromatic carbocycles. The van der Waals surface area contributed by atoms with Gasteiger partial charge in [-0.15, -0.1) is 0 Å². The van der Waals surface area contributed by atoms with Gasteiger partial charge in [-0.3, -0.25) is 0 Å². The van der Waals surface area contributed by atoms with Crippen molar-refractivity contribution in [3.8, 4) is 0 Å². The molecule has 1 aliphatic heterocycles. The Bertz CT molecular complexity index is 268. The van der Waals surface area contributed by atoms with Crippen LogP contribution in [0.2, 0.25) is 0 Å². The Labute approximate surface area is 135 Å². The lowest BCUT2D eigenvalue weighted by atomic mass is 9.63. The van der Waals surface area contributed by atoms with Crippen LogP contribution < -0.4 is 0 Å². The highest BCUT2D eigenvalue weighted by Gasteiger charge is 2.38. The zero-order valence-electron chi connectivity index (χ0n) is 16.7. The van der Waals surface area contributed by atoms with Gasteiger partial charge in [0.15, 0.2) is 0 Å². The minimum Gasteiger partial charge on any atom is -0.301 e. The third-order valence-corrected chi connectivity index (χ3v) is 5.84. The molecule has 1 saturated heterocycles. The van der Waals surface area contributed by atoms with Gasteiger partial charge in [0.2, 0.25) is 0 Å². The highest BCUT2D eigenvalue weighted by atomic mass is 15.1. The molecule has 1 aliphatic rings. The zero-order valence-corrected chi connectivity index (χ0v) is 16.7. The third-order valence-electron chi connectivity index (χ3n) is 5.84. The molecule has 1 heterocycles. The Kier molecular flexibility index (Phi) is 8.54. The maximum Gasteiger partial charge on any atom is 0.00385 e. The van der Waals surface area contributed by atoms with E-state index < -0.39 is 0 Å². The molecule has 1 nitrogen and oxygen atoms in total. The average Bonchev–Trinajstić information content (AvgIpc) is 2.40. The van der Waals surface area contributed by atoms with Crippen molar-refractivity contribution in [2.45, 2.75) is 94.5 Å². The maximum absolute atomic E-state index is 2.64. The van der Waals surface area contributed by atoms with Gasteiger partial charge in [-0.25, -0.2) is 0 Å². The smallest absolute Gasteiger partial charge is 0.00385 e. The van der Waals surface area contributed by atoms with Crippen LogP contribution in [0.25, 0.3) is 0 Å². The molecule has 0 saturated carbocycles. The molecule has 0 atom stereocenters. The molecule has 0 spiro atoms. The van der Waals surface area contributed by atoms with E-state index in [9.17, 15) is 0 Å². The second-order valence-corrected chi connectivity index (χ2v) is 8.71. The van der Waals surface area contributed by atoms with Gasteiger partial charge in [0.25, 0.3) is 0 Å². The van der Waals surface area contributed by atoms with Crippen LogP contribution in [0.5, 0.6) is 0 Å². The van der Waals surface area contributed by atoms with Gasteiger partial charge < -0.3 is 4.90 Å². The van der Waals surface area contributed by atoms with Crippen molar-refractivity contribution in [2.75, 3.05) is 13.1 Å². The van der Waals surface area contributed by atoms with Crippen LogP contribution in [-0.2, 0) is 0 Å². The summed E-state index contributed by atoms with van der Waals surface area (Å²) in [5.41, 5.74) is 0.940. The number of piperidine rings is 1. The Morgan fingerprint density at radius 1 is 0.905 bits per heavy atom. The SMILES string of the molecule is CC.CC(C)N1CCC(C(C)(C)CC(C)(C)C(C)C)CC1. The van der Waals surface area contributed by atoms with Crippen LogP contribution in [0.15, 0.2) is 0 Å². The fourth-order valence-electron chi connectivity index (χ4n) is 3.72.